The van der Waals surface area contributed by atoms with Gasteiger partial charge < -0.3 is 5.32 Å². The molecule has 9 heteroatoms. The van der Waals surface area contributed by atoms with Gasteiger partial charge >= 0.3 is 0 Å². The van der Waals surface area contributed by atoms with Crippen LogP contribution in [0.4, 0.5) is 16.0 Å². The Bertz CT molecular complexity index is 1150. The monoisotopic (exact) mass is 424 g/mol. The van der Waals surface area contributed by atoms with Crippen molar-refractivity contribution in [2.45, 2.75) is 32.2 Å². The van der Waals surface area contributed by atoms with Crippen LogP contribution in [0.2, 0.25) is 5.02 Å². The van der Waals surface area contributed by atoms with E-state index in [4.69, 9.17) is 16.9 Å². The number of benzene rings is 1. The summed E-state index contributed by atoms with van der Waals surface area (Å²) in [4.78, 5) is 20.8. The van der Waals surface area contributed by atoms with E-state index in [2.05, 4.69) is 20.4 Å². The molecule has 1 aliphatic rings. The molecule has 2 aromatic heterocycles. The normalized spacial score (nSPS) is 14.2. The number of Topliss-reactive ketones (excluding diaryl/α,β-unsaturated/α-hetero) is 1. The molecule has 0 bridgehead atoms. The summed E-state index contributed by atoms with van der Waals surface area (Å²) in [6.07, 6.45) is 7.23. The van der Waals surface area contributed by atoms with E-state index >= 15 is 0 Å². The van der Waals surface area contributed by atoms with Crippen LogP contribution in [0.25, 0.3) is 11.3 Å². The van der Waals surface area contributed by atoms with Crippen molar-refractivity contribution < 1.29 is 9.18 Å². The van der Waals surface area contributed by atoms with Crippen molar-refractivity contribution >= 4 is 29.0 Å². The Balaban J connectivity index is 1.57. The Kier molecular flexibility index (Phi) is 5.46. The highest BCUT2D eigenvalue weighted by Gasteiger charge is 2.24. The van der Waals surface area contributed by atoms with Gasteiger partial charge in [-0.15, -0.1) is 0 Å². The highest BCUT2D eigenvalue weighted by molar-refractivity contribution is 6.32. The minimum absolute atomic E-state index is 0.0381. The molecule has 1 aliphatic carbocycles. The van der Waals surface area contributed by atoms with Crippen LogP contribution >= 0.6 is 11.6 Å². The summed E-state index contributed by atoms with van der Waals surface area (Å²) in [5, 5.41) is 16.5. The number of rotatable bonds is 7. The van der Waals surface area contributed by atoms with Gasteiger partial charge in [-0.1, -0.05) is 17.7 Å². The molecule has 152 valence electrons. The lowest BCUT2D eigenvalue weighted by molar-refractivity contribution is 0.0969. The second kappa shape index (κ2) is 8.20. The molecule has 0 saturated heterocycles. The fourth-order valence-electron chi connectivity index (χ4n) is 3.02. The van der Waals surface area contributed by atoms with E-state index in [0.717, 1.165) is 18.5 Å². The predicted molar refractivity (Wildman–Crippen MR) is 110 cm³/mol. The lowest BCUT2D eigenvalue weighted by Crippen LogP contribution is -2.07. The molecule has 0 aliphatic heterocycles. The van der Waals surface area contributed by atoms with Gasteiger partial charge in [-0.05, 0) is 31.9 Å². The molecule has 0 amide bonds. The van der Waals surface area contributed by atoms with Gasteiger partial charge in [0.1, 0.15) is 5.82 Å². The van der Waals surface area contributed by atoms with E-state index in [1.165, 1.54) is 18.3 Å². The van der Waals surface area contributed by atoms with Gasteiger partial charge in [-0.3, -0.25) is 9.48 Å². The van der Waals surface area contributed by atoms with Gasteiger partial charge in [0, 0.05) is 18.2 Å². The van der Waals surface area contributed by atoms with Gasteiger partial charge in [0.15, 0.2) is 5.78 Å². The van der Waals surface area contributed by atoms with E-state index in [0.29, 0.717) is 23.2 Å². The van der Waals surface area contributed by atoms with Crippen LogP contribution < -0.4 is 5.32 Å². The topological polar surface area (TPSA) is 96.5 Å². The predicted octanol–water partition coefficient (Wildman–Crippen LogP) is 4.94. The van der Waals surface area contributed by atoms with Crippen molar-refractivity contribution in [2.75, 3.05) is 5.32 Å². The minimum Gasteiger partial charge on any atom is -0.321 e. The van der Waals surface area contributed by atoms with Crippen LogP contribution in [0.1, 0.15) is 42.6 Å². The molecular formula is C21H18ClFN6O. The second-order valence-electron chi connectivity index (χ2n) is 7.31. The van der Waals surface area contributed by atoms with Crippen LogP contribution in [0.15, 0.2) is 36.8 Å². The van der Waals surface area contributed by atoms with Crippen molar-refractivity contribution in [2.24, 2.45) is 5.92 Å². The Labute approximate surface area is 177 Å². The quantitative estimate of drug-likeness (QED) is 0.539. The smallest absolute Gasteiger partial charge is 0.227 e. The second-order valence-corrected chi connectivity index (χ2v) is 7.71. The van der Waals surface area contributed by atoms with Gasteiger partial charge in [0.2, 0.25) is 5.95 Å². The van der Waals surface area contributed by atoms with Gasteiger partial charge in [0.25, 0.3) is 0 Å². The largest absolute Gasteiger partial charge is 0.321 e. The van der Waals surface area contributed by atoms with Crippen molar-refractivity contribution in [3.63, 3.8) is 0 Å². The summed E-state index contributed by atoms with van der Waals surface area (Å²) in [6.45, 7) is 1.62. The number of nitriles is 1. The van der Waals surface area contributed by atoms with Gasteiger partial charge in [-0.25, -0.2) is 14.4 Å². The average Bonchev–Trinajstić information content (AvgIpc) is 3.48. The zero-order chi connectivity index (χ0) is 21.3. The zero-order valence-electron chi connectivity index (χ0n) is 16.1. The molecule has 1 aromatic carbocycles. The summed E-state index contributed by atoms with van der Waals surface area (Å²) in [6, 6.07) is 6.62. The van der Waals surface area contributed by atoms with E-state index < -0.39 is 17.5 Å². The number of hydrogen-bond acceptors (Lipinski definition) is 6. The maximum Gasteiger partial charge on any atom is 0.227 e. The van der Waals surface area contributed by atoms with Crippen LogP contribution in [0.3, 0.4) is 0 Å². The van der Waals surface area contributed by atoms with Crippen molar-refractivity contribution in [1.82, 2.24) is 19.7 Å². The molecule has 30 heavy (non-hydrogen) atoms. The standard InChI is InChI=1S/C21H18ClFN6O/c1-12(8-24)6-19(30)16-5-2-13(7-18(16)23)20-17(22)10-25-21(28-20)27-14-9-26-29(11-14)15-3-4-15/h2,5,7,9-12,15H,3-4,6H2,1H3,(H,25,27,28)/t12-/m1/s1. The molecule has 0 unspecified atom stereocenters. The zero-order valence-corrected chi connectivity index (χ0v) is 16.9. The Morgan fingerprint density at radius 1 is 1.43 bits per heavy atom. The van der Waals surface area contributed by atoms with Gasteiger partial charge in [-0.2, -0.15) is 10.4 Å². The number of hydrogen-bond donors (Lipinski definition) is 1. The SMILES string of the molecule is C[C@@H](C#N)CC(=O)c1ccc(-c2nc(Nc3cnn(C4CC4)c3)ncc2Cl)cc1F. The number of halogens is 2. The molecule has 1 N–H and O–H groups in total. The third-order valence-corrected chi connectivity index (χ3v) is 5.05. The third kappa shape index (κ3) is 4.31. The number of carbonyl (C=O) groups is 1. The maximum atomic E-state index is 14.6. The lowest BCUT2D eigenvalue weighted by Gasteiger charge is -2.09. The minimum atomic E-state index is -0.683. The number of nitrogens with one attached hydrogen (secondary N) is 1. The summed E-state index contributed by atoms with van der Waals surface area (Å²) in [5.74, 6) is -1.28. The molecule has 1 saturated carbocycles. The number of ketones is 1. The molecule has 0 radical (unpaired) electrons. The average molecular weight is 425 g/mol. The first-order chi connectivity index (χ1) is 14.4. The Morgan fingerprint density at radius 2 is 2.23 bits per heavy atom. The first-order valence-corrected chi connectivity index (χ1v) is 9.89. The van der Waals surface area contributed by atoms with Crippen LogP contribution in [-0.4, -0.2) is 25.5 Å². The summed E-state index contributed by atoms with van der Waals surface area (Å²) in [5.41, 5.74) is 1.44. The molecule has 0 spiro atoms. The molecule has 1 atom stereocenters. The number of anilines is 2. The van der Waals surface area contributed by atoms with Crippen molar-refractivity contribution in [3.05, 3.63) is 53.2 Å². The fraction of sp³-hybridized carbons (Fsp3) is 0.286. The van der Waals surface area contributed by atoms with Crippen LogP contribution in [0.5, 0.6) is 0 Å². The summed E-state index contributed by atoms with van der Waals surface area (Å²) in [7, 11) is 0. The highest BCUT2D eigenvalue weighted by atomic mass is 35.5. The highest BCUT2D eigenvalue weighted by Crippen LogP contribution is 2.35. The lowest BCUT2D eigenvalue weighted by atomic mass is 9.99. The van der Waals surface area contributed by atoms with Crippen LogP contribution in [0, 0.1) is 23.1 Å². The fourth-order valence-corrected chi connectivity index (χ4v) is 3.22. The van der Waals surface area contributed by atoms with Crippen molar-refractivity contribution in [3.8, 4) is 17.3 Å². The van der Waals surface area contributed by atoms with Gasteiger partial charge in [0.05, 0.1) is 52.4 Å². The Morgan fingerprint density at radius 3 is 2.93 bits per heavy atom. The summed E-state index contributed by atoms with van der Waals surface area (Å²) >= 11 is 6.24. The summed E-state index contributed by atoms with van der Waals surface area (Å²) < 4.78 is 16.5. The molecular weight excluding hydrogens is 407 g/mol. The van der Waals surface area contributed by atoms with E-state index in [1.807, 2.05) is 16.9 Å². The molecule has 4 rings (SSSR count). The maximum absolute atomic E-state index is 14.6. The molecule has 7 nitrogen and oxygen atoms in total. The Hall–Kier alpha value is -3.31. The molecule has 3 aromatic rings. The first kappa shape index (κ1) is 20.0. The molecule has 1 fully saturated rings. The number of aromatic nitrogens is 4. The number of carbonyl (C=O) groups excluding carboxylic acids is 1. The van der Waals surface area contributed by atoms with E-state index in [-0.39, 0.29) is 17.0 Å². The first-order valence-electron chi connectivity index (χ1n) is 9.51. The third-order valence-electron chi connectivity index (χ3n) is 4.78. The van der Waals surface area contributed by atoms with Crippen molar-refractivity contribution in [1.29, 1.82) is 5.26 Å². The number of nitrogens with zero attached hydrogens (tertiary/aromatic N) is 5. The van der Waals surface area contributed by atoms with E-state index in [1.54, 1.807) is 19.2 Å². The van der Waals surface area contributed by atoms with Crippen LogP contribution in [-0.2, 0) is 0 Å². The van der Waals surface area contributed by atoms with E-state index in [9.17, 15) is 9.18 Å². The molecule has 2 heterocycles.